The first-order chi connectivity index (χ1) is 16.4. The second-order valence-electron chi connectivity index (χ2n) is 7.54. The van der Waals surface area contributed by atoms with E-state index >= 15 is 0 Å². The number of esters is 2. The Morgan fingerprint density at radius 1 is 1.00 bits per heavy atom. The Morgan fingerprint density at radius 2 is 1.71 bits per heavy atom. The average Bonchev–Trinajstić information content (AvgIpc) is 2.82. The maximum atomic E-state index is 13.2. The first-order valence-corrected chi connectivity index (χ1v) is 12.3. The molecule has 0 fully saturated rings. The lowest BCUT2D eigenvalue weighted by Gasteiger charge is -2.32. The van der Waals surface area contributed by atoms with Crippen molar-refractivity contribution in [2.45, 2.75) is 26.7 Å². The van der Waals surface area contributed by atoms with Gasteiger partial charge in [-0.15, -0.1) is 0 Å². The van der Waals surface area contributed by atoms with Gasteiger partial charge in [0.15, 0.2) is 0 Å². The highest BCUT2D eigenvalue weighted by Crippen LogP contribution is 2.41. The van der Waals surface area contributed by atoms with Gasteiger partial charge in [-0.25, -0.2) is 4.79 Å². The lowest BCUT2D eigenvalue weighted by molar-refractivity contribution is -0.146. The van der Waals surface area contributed by atoms with E-state index in [-0.39, 0.29) is 29.7 Å². The quantitative estimate of drug-likeness (QED) is 0.448. The molecule has 1 aliphatic heterocycles. The van der Waals surface area contributed by atoms with Gasteiger partial charge >= 0.3 is 11.9 Å². The van der Waals surface area contributed by atoms with Gasteiger partial charge in [-0.05, 0) is 38.5 Å². The standard InChI is InChI=1S/C26H26ClNO5S/c1-4-32-24(29)21-16(3)28-20(15-34-26(31)17-10-7-6-8-11-17)23(25(30)33-5-2)22(21)18-12-9-13-19(27)14-18/h6-14,21-22H,4-5,15H2,1-3H3. The van der Waals surface area contributed by atoms with Crippen LogP contribution in [0.25, 0.3) is 0 Å². The van der Waals surface area contributed by atoms with E-state index in [1.54, 1.807) is 69.3 Å². The Kier molecular flexibility index (Phi) is 9.07. The van der Waals surface area contributed by atoms with Gasteiger partial charge in [-0.1, -0.05) is 65.8 Å². The molecule has 0 saturated carbocycles. The molecule has 0 saturated heterocycles. The minimum absolute atomic E-state index is 0.143. The molecular formula is C26H26ClNO5S. The van der Waals surface area contributed by atoms with Crippen LogP contribution in [0.4, 0.5) is 0 Å². The zero-order chi connectivity index (χ0) is 24.7. The van der Waals surface area contributed by atoms with E-state index in [1.807, 2.05) is 6.07 Å². The Morgan fingerprint density at radius 3 is 2.35 bits per heavy atom. The number of hydrogen-bond donors (Lipinski definition) is 0. The molecule has 0 aromatic heterocycles. The summed E-state index contributed by atoms with van der Waals surface area (Å²) < 4.78 is 10.7. The number of carbonyl (C=O) groups excluding carboxylic acids is 3. The number of hydrogen-bond acceptors (Lipinski definition) is 7. The lowest BCUT2D eigenvalue weighted by Crippen LogP contribution is -2.37. The van der Waals surface area contributed by atoms with Crippen LogP contribution in [-0.4, -0.2) is 41.7 Å². The molecule has 1 heterocycles. The summed E-state index contributed by atoms with van der Waals surface area (Å²) in [5.41, 5.74) is 2.36. The van der Waals surface area contributed by atoms with Gasteiger partial charge in [0.1, 0.15) is 5.92 Å². The van der Waals surface area contributed by atoms with Crippen molar-refractivity contribution in [2.75, 3.05) is 19.0 Å². The van der Waals surface area contributed by atoms with Crippen LogP contribution in [0.1, 0.15) is 42.6 Å². The molecule has 0 amide bonds. The molecule has 0 N–H and O–H groups in total. The molecule has 2 unspecified atom stereocenters. The summed E-state index contributed by atoms with van der Waals surface area (Å²) in [4.78, 5) is 43.5. The van der Waals surface area contributed by atoms with E-state index < -0.39 is 23.8 Å². The maximum Gasteiger partial charge on any atom is 0.336 e. The van der Waals surface area contributed by atoms with Crippen LogP contribution < -0.4 is 0 Å². The second-order valence-corrected chi connectivity index (χ2v) is 8.92. The molecule has 0 bridgehead atoms. The molecule has 8 heteroatoms. The number of nitrogens with zero attached hydrogens (tertiary/aromatic N) is 1. The van der Waals surface area contributed by atoms with Crippen LogP contribution in [0.15, 0.2) is 70.9 Å². The normalized spacial score (nSPS) is 17.7. The van der Waals surface area contributed by atoms with Crippen molar-refractivity contribution >= 4 is 46.1 Å². The van der Waals surface area contributed by atoms with Crippen molar-refractivity contribution in [1.82, 2.24) is 0 Å². The molecule has 1 aliphatic rings. The molecule has 2 aromatic rings. The Balaban J connectivity index is 2.09. The van der Waals surface area contributed by atoms with Crippen molar-refractivity contribution in [3.8, 4) is 0 Å². The summed E-state index contributed by atoms with van der Waals surface area (Å²) in [6, 6.07) is 15.9. The number of ether oxygens (including phenoxy) is 2. The fourth-order valence-electron chi connectivity index (χ4n) is 3.88. The van der Waals surface area contributed by atoms with Crippen LogP contribution in [0.3, 0.4) is 0 Å². The van der Waals surface area contributed by atoms with E-state index in [1.165, 1.54) is 0 Å². The summed E-state index contributed by atoms with van der Waals surface area (Å²) >= 11 is 7.30. The summed E-state index contributed by atoms with van der Waals surface area (Å²) in [5.74, 6) is -2.46. The topological polar surface area (TPSA) is 82.0 Å². The van der Waals surface area contributed by atoms with Crippen molar-refractivity contribution in [1.29, 1.82) is 0 Å². The smallest absolute Gasteiger partial charge is 0.336 e. The zero-order valence-electron chi connectivity index (χ0n) is 19.2. The average molecular weight is 500 g/mol. The maximum absolute atomic E-state index is 13.2. The van der Waals surface area contributed by atoms with Crippen LogP contribution in [-0.2, 0) is 19.1 Å². The van der Waals surface area contributed by atoms with Crippen LogP contribution in [0.5, 0.6) is 0 Å². The minimum atomic E-state index is -0.823. The van der Waals surface area contributed by atoms with E-state index in [9.17, 15) is 14.4 Å². The highest BCUT2D eigenvalue weighted by atomic mass is 35.5. The summed E-state index contributed by atoms with van der Waals surface area (Å²) in [6.45, 7) is 5.50. The van der Waals surface area contributed by atoms with Crippen LogP contribution in [0.2, 0.25) is 5.02 Å². The number of thioether (sulfide) groups is 1. The predicted molar refractivity (Wildman–Crippen MR) is 134 cm³/mol. The molecule has 2 atom stereocenters. The molecule has 0 aliphatic carbocycles. The molecule has 0 spiro atoms. The number of aliphatic imine (C=N–C) groups is 1. The van der Waals surface area contributed by atoms with Crippen LogP contribution in [0, 0.1) is 5.92 Å². The molecular weight excluding hydrogens is 474 g/mol. The number of carbonyl (C=O) groups is 3. The summed E-state index contributed by atoms with van der Waals surface area (Å²) in [7, 11) is 0. The Labute approximate surface area is 208 Å². The van der Waals surface area contributed by atoms with Crippen molar-refractivity contribution in [3.63, 3.8) is 0 Å². The van der Waals surface area contributed by atoms with Crippen molar-refractivity contribution in [2.24, 2.45) is 10.9 Å². The fourth-order valence-corrected chi connectivity index (χ4v) is 4.87. The highest BCUT2D eigenvalue weighted by molar-refractivity contribution is 8.14. The van der Waals surface area contributed by atoms with E-state index in [2.05, 4.69) is 4.99 Å². The van der Waals surface area contributed by atoms with E-state index in [0.717, 1.165) is 11.8 Å². The first kappa shape index (κ1) is 25.7. The summed E-state index contributed by atoms with van der Waals surface area (Å²) in [6.07, 6.45) is 0. The monoisotopic (exact) mass is 499 g/mol. The van der Waals surface area contributed by atoms with Gasteiger partial charge in [0, 0.05) is 28.0 Å². The molecule has 34 heavy (non-hydrogen) atoms. The molecule has 178 valence electrons. The van der Waals surface area contributed by atoms with Gasteiger partial charge in [-0.2, -0.15) is 0 Å². The SMILES string of the molecule is CCOC(=O)C1=C(CSC(=O)c2ccccc2)N=C(C)C(C(=O)OCC)C1c1cccc(Cl)c1. The third kappa shape index (κ3) is 5.96. The minimum Gasteiger partial charge on any atom is -0.465 e. The van der Waals surface area contributed by atoms with Gasteiger partial charge in [0.2, 0.25) is 5.12 Å². The number of rotatable bonds is 8. The van der Waals surface area contributed by atoms with E-state index in [0.29, 0.717) is 27.6 Å². The third-order valence-corrected chi connectivity index (χ3v) is 6.46. The molecule has 0 radical (unpaired) electrons. The van der Waals surface area contributed by atoms with Gasteiger partial charge in [0.05, 0.1) is 24.5 Å². The second kappa shape index (κ2) is 12.0. The van der Waals surface area contributed by atoms with Crippen molar-refractivity contribution in [3.05, 3.63) is 82.0 Å². The van der Waals surface area contributed by atoms with Crippen LogP contribution >= 0.6 is 23.4 Å². The molecule has 6 nitrogen and oxygen atoms in total. The third-order valence-electron chi connectivity index (χ3n) is 5.31. The highest BCUT2D eigenvalue weighted by Gasteiger charge is 2.43. The fraction of sp³-hybridized carbons (Fsp3) is 0.308. The lowest BCUT2D eigenvalue weighted by atomic mass is 9.75. The van der Waals surface area contributed by atoms with Gasteiger partial charge in [-0.3, -0.25) is 14.6 Å². The molecule has 2 aromatic carbocycles. The van der Waals surface area contributed by atoms with Gasteiger partial charge < -0.3 is 9.47 Å². The Hall–Kier alpha value is -2.90. The number of halogens is 1. The molecule has 3 rings (SSSR count). The largest absolute Gasteiger partial charge is 0.465 e. The van der Waals surface area contributed by atoms with Gasteiger partial charge in [0.25, 0.3) is 0 Å². The zero-order valence-corrected chi connectivity index (χ0v) is 20.8. The summed E-state index contributed by atoms with van der Waals surface area (Å²) in [5, 5.41) is 0.328. The predicted octanol–water partition coefficient (Wildman–Crippen LogP) is 5.47. The van der Waals surface area contributed by atoms with E-state index in [4.69, 9.17) is 21.1 Å². The Bertz CT molecular complexity index is 1130. The number of benzene rings is 2. The first-order valence-electron chi connectivity index (χ1n) is 11.0. The van der Waals surface area contributed by atoms with Crippen molar-refractivity contribution < 1.29 is 23.9 Å².